The Morgan fingerprint density at radius 3 is 2.48 bits per heavy atom. The van der Waals surface area contributed by atoms with Gasteiger partial charge in [-0.2, -0.15) is 5.53 Å². The Bertz CT molecular complexity index is 1000. The Labute approximate surface area is 174 Å². The zero-order valence-corrected chi connectivity index (χ0v) is 16.7. The second-order valence-corrected chi connectivity index (χ2v) is 7.11. The van der Waals surface area contributed by atoms with Crippen LogP contribution in [0.3, 0.4) is 0 Å². The molecule has 7 heteroatoms. The van der Waals surface area contributed by atoms with Crippen molar-refractivity contribution in [3.8, 4) is 5.75 Å². The molecule has 3 aromatic rings. The van der Waals surface area contributed by atoms with E-state index in [-0.39, 0.29) is 6.17 Å². The van der Waals surface area contributed by atoms with Crippen molar-refractivity contribution in [2.45, 2.75) is 12.6 Å². The molecular formula is C22H22ClN5O. The number of halogens is 1. The fraction of sp³-hybridized carbons (Fsp3) is 0.136. The number of hydrazine groups is 3. The minimum absolute atomic E-state index is 0.286. The van der Waals surface area contributed by atoms with Crippen LogP contribution in [0.15, 0.2) is 77.8 Å². The molecule has 0 fully saturated rings. The molecule has 0 saturated heterocycles. The maximum absolute atomic E-state index is 6.09. The molecule has 3 aromatic carbocycles. The SMILES string of the molecule is COc1ccc(CC2N=C(c3ccc(Cl)cc3)c3ccccc3NN2NN)cc1. The smallest absolute Gasteiger partial charge is 0.141 e. The predicted molar refractivity (Wildman–Crippen MR) is 117 cm³/mol. The van der Waals surface area contributed by atoms with Crippen LogP contribution in [-0.2, 0) is 6.42 Å². The van der Waals surface area contributed by atoms with Crippen LogP contribution in [0, 0.1) is 0 Å². The third-order valence-electron chi connectivity index (χ3n) is 4.83. The van der Waals surface area contributed by atoms with E-state index in [1.54, 1.807) is 12.2 Å². The topological polar surface area (TPSA) is 74.9 Å². The quantitative estimate of drug-likeness (QED) is 0.443. The molecule has 1 aliphatic heterocycles. The summed E-state index contributed by atoms with van der Waals surface area (Å²) in [5, 5.41) is 2.40. The Morgan fingerprint density at radius 1 is 1.07 bits per heavy atom. The van der Waals surface area contributed by atoms with Gasteiger partial charge in [0.15, 0.2) is 0 Å². The number of fused-ring (bicyclic) bond motifs is 1. The molecule has 29 heavy (non-hydrogen) atoms. The van der Waals surface area contributed by atoms with E-state index in [0.717, 1.165) is 33.8 Å². The molecule has 1 heterocycles. The van der Waals surface area contributed by atoms with Gasteiger partial charge in [-0.1, -0.05) is 54.1 Å². The number of ether oxygens (including phenoxy) is 1. The third-order valence-corrected chi connectivity index (χ3v) is 5.09. The van der Waals surface area contributed by atoms with Gasteiger partial charge in [-0.3, -0.25) is 10.8 Å². The molecule has 6 nitrogen and oxygen atoms in total. The second-order valence-electron chi connectivity index (χ2n) is 6.67. The minimum atomic E-state index is -0.286. The summed E-state index contributed by atoms with van der Waals surface area (Å²) in [6, 6.07) is 23.7. The van der Waals surface area contributed by atoms with Crippen molar-refractivity contribution >= 4 is 23.0 Å². The van der Waals surface area contributed by atoms with E-state index in [9.17, 15) is 0 Å². The van der Waals surface area contributed by atoms with E-state index in [1.165, 1.54) is 0 Å². The Hall–Kier alpha value is -2.90. The van der Waals surface area contributed by atoms with Crippen molar-refractivity contribution in [1.29, 1.82) is 0 Å². The maximum atomic E-state index is 6.09. The molecule has 1 unspecified atom stereocenters. The molecule has 0 saturated carbocycles. The molecule has 0 bridgehead atoms. The number of nitrogens with two attached hydrogens (primary N) is 1. The lowest BCUT2D eigenvalue weighted by atomic mass is 10.0. The van der Waals surface area contributed by atoms with Gasteiger partial charge in [-0.05, 0) is 35.9 Å². The number of aliphatic imine (C=N–C) groups is 1. The van der Waals surface area contributed by atoms with E-state index in [0.29, 0.717) is 11.4 Å². The summed E-state index contributed by atoms with van der Waals surface area (Å²) < 4.78 is 5.25. The third kappa shape index (κ3) is 4.26. The monoisotopic (exact) mass is 407 g/mol. The molecule has 0 spiro atoms. The maximum Gasteiger partial charge on any atom is 0.141 e. The summed E-state index contributed by atoms with van der Waals surface area (Å²) in [4.78, 5) is 5.07. The highest BCUT2D eigenvalue weighted by atomic mass is 35.5. The molecule has 0 amide bonds. The number of hydrogen-bond donors (Lipinski definition) is 3. The van der Waals surface area contributed by atoms with Gasteiger partial charge in [0.2, 0.25) is 0 Å². The zero-order valence-electron chi connectivity index (χ0n) is 16.0. The largest absolute Gasteiger partial charge is 0.497 e. The van der Waals surface area contributed by atoms with Crippen molar-refractivity contribution in [3.05, 3.63) is 94.5 Å². The standard InChI is InChI=1S/C22H22ClN5O/c1-29-18-12-6-15(7-13-18)14-21-25-22(16-8-10-17(23)11-9-16)19-4-2-3-5-20(19)26-28(21)27-24/h2-13,21,26-27H,14,24H2,1H3. The first-order chi connectivity index (χ1) is 14.2. The van der Waals surface area contributed by atoms with Crippen LogP contribution in [0.2, 0.25) is 5.02 Å². The van der Waals surface area contributed by atoms with Crippen LogP contribution in [0.25, 0.3) is 0 Å². The first-order valence-corrected chi connectivity index (χ1v) is 9.64. The summed E-state index contributed by atoms with van der Waals surface area (Å²) in [7, 11) is 1.66. The summed E-state index contributed by atoms with van der Waals surface area (Å²) in [6.45, 7) is 0. The highest BCUT2D eigenvalue weighted by Crippen LogP contribution is 2.26. The number of hydrogen-bond acceptors (Lipinski definition) is 6. The second kappa shape index (κ2) is 8.63. The molecule has 0 aliphatic carbocycles. The van der Waals surface area contributed by atoms with Crippen molar-refractivity contribution < 1.29 is 4.74 Å². The lowest BCUT2D eigenvalue weighted by molar-refractivity contribution is 0.168. The van der Waals surface area contributed by atoms with Gasteiger partial charge >= 0.3 is 0 Å². The number of anilines is 1. The van der Waals surface area contributed by atoms with Gasteiger partial charge in [0, 0.05) is 22.6 Å². The fourth-order valence-electron chi connectivity index (χ4n) is 3.33. The van der Waals surface area contributed by atoms with E-state index >= 15 is 0 Å². The predicted octanol–water partition coefficient (Wildman–Crippen LogP) is 3.78. The van der Waals surface area contributed by atoms with Gasteiger partial charge in [0.1, 0.15) is 11.9 Å². The Morgan fingerprint density at radius 2 is 1.79 bits per heavy atom. The minimum Gasteiger partial charge on any atom is -0.497 e. The van der Waals surface area contributed by atoms with E-state index in [1.807, 2.05) is 72.8 Å². The lowest BCUT2D eigenvalue weighted by Gasteiger charge is -2.27. The van der Waals surface area contributed by atoms with Crippen molar-refractivity contribution in [2.24, 2.45) is 10.8 Å². The van der Waals surface area contributed by atoms with Crippen LogP contribution >= 0.6 is 11.6 Å². The van der Waals surface area contributed by atoms with Gasteiger partial charge in [0.05, 0.1) is 18.5 Å². The van der Waals surface area contributed by atoms with E-state index < -0.39 is 0 Å². The highest BCUT2D eigenvalue weighted by Gasteiger charge is 2.25. The lowest BCUT2D eigenvalue weighted by Crippen LogP contribution is -2.52. The van der Waals surface area contributed by atoms with Crippen LogP contribution in [-0.4, -0.2) is 24.1 Å². The molecule has 4 N–H and O–H groups in total. The average molecular weight is 408 g/mol. The van der Waals surface area contributed by atoms with Gasteiger partial charge in [-0.15, -0.1) is 5.12 Å². The number of nitrogens with one attached hydrogen (secondary N) is 2. The Kier molecular flexibility index (Phi) is 5.78. The molecule has 1 aliphatic rings. The number of methoxy groups -OCH3 is 1. The molecular weight excluding hydrogens is 386 g/mol. The Balaban J connectivity index is 1.76. The number of rotatable bonds is 5. The average Bonchev–Trinajstić information content (AvgIpc) is 2.92. The molecule has 0 aromatic heterocycles. The van der Waals surface area contributed by atoms with Crippen molar-refractivity contribution in [1.82, 2.24) is 10.7 Å². The number of benzene rings is 3. The van der Waals surface area contributed by atoms with Crippen LogP contribution in [0.4, 0.5) is 5.69 Å². The van der Waals surface area contributed by atoms with Gasteiger partial charge < -0.3 is 10.2 Å². The number of para-hydroxylation sites is 1. The van der Waals surface area contributed by atoms with Crippen LogP contribution in [0.5, 0.6) is 5.75 Å². The summed E-state index contributed by atoms with van der Waals surface area (Å²) in [5.74, 6) is 6.65. The van der Waals surface area contributed by atoms with Crippen LogP contribution < -0.4 is 21.5 Å². The molecule has 0 radical (unpaired) electrons. The van der Waals surface area contributed by atoms with Crippen LogP contribution in [0.1, 0.15) is 16.7 Å². The zero-order chi connectivity index (χ0) is 20.2. The summed E-state index contributed by atoms with van der Waals surface area (Å²) >= 11 is 6.09. The van der Waals surface area contributed by atoms with Gasteiger partial charge in [-0.25, -0.2) is 0 Å². The molecule has 148 valence electrons. The number of nitrogens with zero attached hydrogens (tertiary/aromatic N) is 2. The van der Waals surface area contributed by atoms with E-state index in [2.05, 4.69) is 11.0 Å². The summed E-state index contributed by atoms with van der Waals surface area (Å²) in [5.41, 5.74) is 11.0. The van der Waals surface area contributed by atoms with Crippen molar-refractivity contribution in [3.63, 3.8) is 0 Å². The fourth-order valence-corrected chi connectivity index (χ4v) is 3.46. The normalized spacial score (nSPS) is 16.4. The highest BCUT2D eigenvalue weighted by molar-refractivity contribution is 6.30. The first kappa shape index (κ1) is 19.4. The molecule has 4 rings (SSSR count). The van der Waals surface area contributed by atoms with Gasteiger partial charge in [0.25, 0.3) is 0 Å². The molecule has 1 atom stereocenters. The first-order valence-electron chi connectivity index (χ1n) is 9.26. The summed E-state index contributed by atoms with van der Waals surface area (Å²) in [6.07, 6.45) is 0.359. The van der Waals surface area contributed by atoms with E-state index in [4.69, 9.17) is 27.2 Å². The van der Waals surface area contributed by atoms with Crippen molar-refractivity contribution in [2.75, 3.05) is 12.5 Å².